The molecule has 1 aliphatic heterocycles. The number of likely N-dealkylation sites (tertiary alicyclic amines) is 1. The van der Waals surface area contributed by atoms with Gasteiger partial charge in [0.05, 0.1) is 23.2 Å². The monoisotopic (exact) mass is 423 g/mol. The molecule has 5 rings (SSSR count). The molecule has 1 aliphatic rings. The number of amides is 1. The number of nitrogens with zero attached hydrogens (tertiary/aromatic N) is 5. The second-order valence-electron chi connectivity index (χ2n) is 7.03. The van der Waals surface area contributed by atoms with Crippen molar-refractivity contribution in [2.24, 2.45) is 0 Å². The van der Waals surface area contributed by atoms with E-state index in [1.165, 1.54) is 11.3 Å². The predicted molar refractivity (Wildman–Crippen MR) is 113 cm³/mol. The first-order chi connectivity index (χ1) is 14.2. The van der Waals surface area contributed by atoms with Gasteiger partial charge in [0, 0.05) is 23.7 Å². The Hall–Kier alpha value is -2.77. The van der Waals surface area contributed by atoms with Crippen LogP contribution in [-0.4, -0.2) is 36.9 Å². The van der Waals surface area contributed by atoms with E-state index in [0.717, 1.165) is 47.1 Å². The van der Waals surface area contributed by atoms with E-state index in [9.17, 15) is 4.79 Å². The van der Waals surface area contributed by atoms with E-state index in [2.05, 4.69) is 15.2 Å². The minimum Gasteiger partial charge on any atom is -0.332 e. The molecule has 8 heteroatoms. The molecule has 29 heavy (non-hydrogen) atoms. The van der Waals surface area contributed by atoms with Crippen molar-refractivity contribution in [2.75, 3.05) is 6.54 Å². The van der Waals surface area contributed by atoms with Crippen molar-refractivity contribution >= 4 is 34.5 Å². The molecule has 1 saturated heterocycles. The molecule has 4 aromatic rings. The van der Waals surface area contributed by atoms with Crippen LogP contribution in [0.4, 0.5) is 0 Å². The number of hydrogen-bond acceptors (Lipinski definition) is 5. The summed E-state index contributed by atoms with van der Waals surface area (Å²) in [4.78, 5) is 19.6. The van der Waals surface area contributed by atoms with Gasteiger partial charge in [-0.25, -0.2) is 4.98 Å². The summed E-state index contributed by atoms with van der Waals surface area (Å²) in [5.74, 6) is 0.887. The van der Waals surface area contributed by atoms with Crippen molar-refractivity contribution < 1.29 is 4.79 Å². The van der Waals surface area contributed by atoms with Crippen molar-refractivity contribution in [1.82, 2.24) is 24.5 Å². The fourth-order valence-corrected chi connectivity index (χ4v) is 4.96. The third-order valence-corrected chi connectivity index (χ3v) is 6.45. The number of aromatic nitrogens is 4. The fraction of sp³-hybridized carbons (Fsp3) is 0.238. The molecule has 1 amide bonds. The van der Waals surface area contributed by atoms with Gasteiger partial charge in [0.25, 0.3) is 0 Å². The van der Waals surface area contributed by atoms with Gasteiger partial charge in [-0.1, -0.05) is 35.9 Å². The summed E-state index contributed by atoms with van der Waals surface area (Å²) in [5, 5.41) is 12.0. The van der Waals surface area contributed by atoms with Crippen LogP contribution in [0.15, 0.2) is 54.0 Å². The fourth-order valence-electron chi connectivity index (χ4n) is 3.82. The summed E-state index contributed by atoms with van der Waals surface area (Å²) in [5.41, 5.74) is 2.46. The van der Waals surface area contributed by atoms with Crippen LogP contribution in [0, 0.1) is 0 Å². The minimum absolute atomic E-state index is 0.0541. The van der Waals surface area contributed by atoms with Crippen molar-refractivity contribution in [1.29, 1.82) is 0 Å². The zero-order valence-corrected chi connectivity index (χ0v) is 17.1. The van der Waals surface area contributed by atoms with Gasteiger partial charge in [-0.3, -0.25) is 9.20 Å². The zero-order chi connectivity index (χ0) is 19.8. The summed E-state index contributed by atoms with van der Waals surface area (Å²) < 4.78 is 1.97. The smallest absolute Gasteiger partial charge is 0.229 e. The Balaban J connectivity index is 1.36. The maximum absolute atomic E-state index is 13.1. The van der Waals surface area contributed by atoms with Gasteiger partial charge in [0.2, 0.25) is 5.91 Å². The van der Waals surface area contributed by atoms with Crippen molar-refractivity contribution in [2.45, 2.75) is 25.3 Å². The van der Waals surface area contributed by atoms with E-state index in [0.29, 0.717) is 5.02 Å². The van der Waals surface area contributed by atoms with E-state index in [4.69, 9.17) is 11.6 Å². The average molecular weight is 424 g/mol. The maximum atomic E-state index is 13.1. The first kappa shape index (κ1) is 18.3. The number of hydrogen-bond donors (Lipinski definition) is 0. The molecule has 1 unspecified atom stereocenters. The number of pyridine rings is 1. The Bertz CT molecular complexity index is 1190. The highest BCUT2D eigenvalue weighted by atomic mass is 35.5. The minimum atomic E-state index is -0.0541. The topological polar surface area (TPSA) is 63.4 Å². The lowest BCUT2D eigenvalue weighted by Gasteiger charge is -2.23. The third-order valence-electron chi connectivity index (χ3n) is 5.20. The van der Waals surface area contributed by atoms with Crippen LogP contribution < -0.4 is 0 Å². The molecule has 0 radical (unpaired) electrons. The van der Waals surface area contributed by atoms with Crippen LogP contribution >= 0.6 is 22.9 Å². The first-order valence-corrected chi connectivity index (χ1v) is 10.7. The van der Waals surface area contributed by atoms with Crippen molar-refractivity contribution in [3.05, 3.63) is 70.6 Å². The highest BCUT2D eigenvalue weighted by Gasteiger charge is 2.33. The summed E-state index contributed by atoms with van der Waals surface area (Å²) in [6.07, 6.45) is 4.07. The largest absolute Gasteiger partial charge is 0.332 e. The van der Waals surface area contributed by atoms with Crippen LogP contribution in [0.3, 0.4) is 0 Å². The molecule has 1 aromatic carbocycles. The highest BCUT2D eigenvalue weighted by molar-refractivity contribution is 7.13. The number of fused-ring (bicyclic) bond motifs is 1. The molecule has 146 valence electrons. The molecular weight excluding hydrogens is 406 g/mol. The summed E-state index contributed by atoms with van der Waals surface area (Å²) in [7, 11) is 0. The van der Waals surface area contributed by atoms with Gasteiger partial charge < -0.3 is 4.90 Å². The standard InChI is InChI=1S/C21H18ClN5OS/c22-16-7-2-1-6-15(16)21-23-14(13-29-21)12-19(28)26-11-5-8-17(26)20-25-24-18-9-3-4-10-27(18)20/h1-4,6-7,9-10,13,17H,5,8,11-12H2. The molecule has 1 atom stereocenters. The number of rotatable bonds is 4. The van der Waals surface area contributed by atoms with E-state index < -0.39 is 0 Å². The van der Waals surface area contributed by atoms with Gasteiger partial charge in [0.15, 0.2) is 11.5 Å². The number of thiazole rings is 1. The average Bonchev–Trinajstić information content (AvgIpc) is 3.47. The Labute approximate surface area is 176 Å². The number of halogens is 1. The molecule has 0 spiro atoms. The Morgan fingerprint density at radius 3 is 2.93 bits per heavy atom. The zero-order valence-electron chi connectivity index (χ0n) is 15.5. The van der Waals surface area contributed by atoms with Crippen LogP contribution in [0.25, 0.3) is 16.2 Å². The van der Waals surface area contributed by atoms with Gasteiger partial charge in [-0.15, -0.1) is 21.5 Å². The molecule has 3 aromatic heterocycles. The lowest BCUT2D eigenvalue weighted by Crippen LogP contribution is -2.32. The Morgan fingerprint density at radius 2 is 2.03 bits per heavy atom. The van der Waals surface area contributed by atoms with Gasteiger partial charge in [0.1, 0.15) is 5.01 Å². The second-order valence-corrected chi connectivity index (χ2v) is 8.30. The molecule has 0 aliphatic carbocycles. The van der Waals surface area contributed by atoms with Gasteiger partial charge in [-0.2, -0.15) is 0 Å². The summed E-state index contributed by atoms with van der Waals surface area (Å²) >= 11 is 7.79. The lowest BCUT2D eigenvalue weighted by atomic mass is 10.2. The van der Waals surface area contributed by atoms with E-state index in [1.54, 1.807) is 0 Å². The van der Waals surface area contributed by atoms with Crippen molar-refractivity contribution in [3.63, 3.8) is 0 Å². The first-order valence-electron chi connectivity index (χ1n) is 9.49. The SMILES string of the molecule is O=C(Cc1csc(-c2ccccc2Cl)n1)N1CCCC1c1nnc2ccccn12. The van der Waals surface area contributed by atoms with Crippen LogP contribution in [0.2, 0.25) is 5.02 Å². The Kier molecular flexibility index (Phi) is 4.77. The normalized spacial score (nSPS) is 16.6. The van der Waals surface area contributed by atoms with Crippen molar-refractivity contribution in [3.8, 4) is 10.6 Å². The number of carbonyl (C=O) groups is 1. The quantitative estimate of drug-likeness (QED) is 0.487. The van der Waals surface area contributed by atoms with E-state index >= 15 is 0 Å². The molecule has 0 bridgehead atoms. The lowest BCUT2D eigenvalue weighted by molar-refractivity contribution is -0.131. The molecule has 1 fully saturated rings. The molecule has 4 heterocycles. The molecule has 6 nitrogen and oxygen atoms in total. The maximum Gasteiger partial charge on any atom is 0.229 e. The van der Waals surface area contributed by atoms with E-state index in [1.807, 2.05) is 63.3 Å². The van der Waals surface area contributed by atoms with Crippen LogP contribution in [0.1, 0.15) is 30.4 Å². The number of carbonyl (C=O) groups excluding carboxylic acids is 1. The number of benzene rings is 1. The van der Waals surface area contributed by atoms with Crippen LogP contribution in [-0.2, 0) is 11.2 Å². The molecule has 0 N–H and O–H groups in total. The third kappa shape index (κ3) is 3.41. The molecule has 0 saturated carbocycles. The summed E-state index contributed by atoms with van der Waals surface area (Å²) in [6.45, 7) is 0.729. The van der Waals surface area contributed by atoms with E-state index in [-0.39, 0.29) is 18.4 Å². The highest BCUT2D eigenvalue weighted by Crippen LogP contribution is 2.33. The molecular formula is C21H18ClN5OS. The predicted octanol–water partition coefficient (Wildman–Crippen LogP) is 4.41. The van der Waals surface area contributed by atoms with Gasteiger partial charge in [-0.05, 0) is 31.0 Å². The van der Waals surface area contributed by atoms with Gasteiger partial charge >= 0.3 is 0 Å². The summed E-state index contributed by atoms with van der Waals surface area (Å²) in [6, 6.07) is 13.4. The Morgan fingerprint density at radius 1 is 1.17 bits per heavy atom. The second kappa shape index (κ2) is 7.57. The van der Waals surface area contributed by atoms with Crippen LogP contribution in [0.5, 0.6) is 0 Å².